The number of rotatable bonds is 4. The summed E-state index contributed by atoms with van der Waals surface area (Å²) in [6.07, 6.45) is -7.34. The number of primary amides is 1. The molecule has 3 rings (SSSR count). The maximum Gasteiger partial charge on any atom is 0.573 e. The number of carbonyl (C=O) groups excluding carboxylic acids is 4. The van der Waals surface area contributed by atoms with E-state index in [2.05, 4.69) is 10.1 Å². The number of nitrogens with zero attached hydrogens (tertiary/aromatic N) is 2. The Morgan fingerprint density at radius 2 is 1.79 bits per heavy atom. The second-order valence-electron chi connectivity index (χ2n) is 7.79. The number of nitrogens with one attached hydrogen (secondary N) is 1. The average Bonchev–Trinajstić information content (AvgIpc) is 2.94. The summed E-state index contributed by atoms with van der Waals surface area (Å²) in [5, 5.41) is 2.46. The molecule has 0 saturated carbocycles. The molecule has 1 aromatic carbocycles. The van der Waals surface area contributed by atoms with Crippen LogP contribution in [0, 0.1) is 5.92 Å². The number of likely N-dealkylation sites (tertiary alicyclic amines) is 2. The van der Waals surface area contributed by atoms with Crippen molar-refractivity contribution in [1.82, 2.24) is 15.1 Å². The molecule has 1 aromatic rings. The molecule has 0 aliphatic carbocycles. The van der Waals surface area contributed by atoms with Crippen LogP contribution in [0.5, 0.6) is 5.75 Å². The third-order valence-corrected chi connectivity index (χ3v) is 6.16. The van der Waals surface area contributed by atoms with Crippen LogP contribution in [0.1, 0.15) is 23.2 Å². The van der Waals surface area contributed by atoms with Gasteiger partial charge in [0.1, 0.15) is 11.7 Å². The van der Waals surface area contributed by atoms with Crippen molar-refractivity contribution in [3.05, 3.63) is 29.8 Å². The van der Waals surface area contributed by atoms with E-state index in [-0.39, 0.29) is 31.5 Å². The molecule has 33 heavy (non-hydrogen) atoms. The van der Waals surface area contributed by atoms with Gasteiger partial charge in [-0.1, -0.05) is 12.1 Å². The van der Waals surface area contributed by atoms with Gasteiger partial charge >= 0.3 is 12.5 Å². The number of alkyl halides is 3. The van der Waals surface area contributed by atoms with Gasteiger partial charge in [-0.25, -0.2) is 4.79 Å². The Morgan fingerprint density at radius 1 is 1.18 bits per heavy atom. The van der Waals surface area contributed by atoms with Gasteiger partial charge in [0.05, 0.1) is 11.1 Å². The number of ether oxygens (including phenoxy) is 2. The van der Waals surface area contributed by atoms with E-state index in [1.807, 2.05) is 0 Å². The maximum absolute atomic E-state index is 13.0. The maximum atomic E-state index is 13.0. The molecule has 0 radical (unpaired) electrons. The standard InChI is InChI=1S/C20H23F3N4O6/c1-25-15(28)13-14(32-18(24)31)17(30)26(2)19(13)7-9-27(10-8-19)16(29)11-5-3-4-6-12(11)33-20(21,22)23/h3-6,13-14H,7-10H2,1-2H3,(H2,24,31)(H,25,28)/t13-,14+/m0/s1. The number of nitrogens with two attached hydrogens (primary N) is 1. The average molecular weight is 472 g/mol. The zero-order valence-corrected chi connectivity index (χ0v) is 17.8. The largest absolute Gasteiger partial charge is 0.573 e. The zero-order chi connectivity index (χ0) is 24.6. The molecule has 2 fully saturated rings. The fourth-order valence-corrected chi connectivity index (χ4v) is 4.59. The lowest BCUT2D eigenvalue weighted by atomic mass is 9.75. The highest BCUT2D eigenvalue weighted by molar-refractivity contribution is 5.98. The topological polar surface area (TPSA) is 131 Å². The van der Waals surface area contributed by atoms with Crippen LogP contribution in [0.25, 0.3) is 0 Å². The Hall–Kier alpha value is -3.51. The monoisotopic (exact) mass is 472 g/mol. The number of benzene rings is 1. The molecule has 1 spiro atoms. The fourth-order valence-electron chi connectivity index (χ4n) is 4.59. The molecular weight excluding hydrogens is 449 g/mol. The summed E-state index contributed by atoms with van der Waals surface area (Å²) in [7, 11) is 2.84. The predicted octanol–water partition coefficient (Wildman–Crippen LogP) is 0.858. The molecular formula is C20H23F3N4O6. The molecule has 0 bridgehead atoms. The van der Waals surface area contributed by atoms with Crippen LogP contribution in [0.15, 0.2) is 24.3 Å². The lowest BCUT2D eigenvalue weighted by molar-refractivity contribution is -0.274. The Kier molecular flexibility index (Phi) is 6.43. The SMILES string of the molecule is CNC(=O)[C@@H]1[C@@H](OC(N)=O)C(=O)N(C)C12CCN(C(=O)c1ccccc1OC(F)(F)F)CC2. The van der Waals surface area contributed by atoms with Crippen molar-refractivity contribution in [3.8, 4) is 5.75 Å². The molecule has 4 amide bonds. The van der Waals surface area contributed by atoms with Gasteiger partial charge in [-0.2, -0.15) is 0 Å². The molecule has 3 N–H and O–H groups in total. The highest BCUT2D eigenvalue weighted by Gasteiger charge is 2.62. The summed E-state index contributed by atoms with van der Waals surface area (Å²) < 4.78 is 47.1. The molecule has 2 aliphatic heterocycles. The number of para-hydroxylation sites is 1. The predicted molar refractivity (Wildman–Crippen MR) is 106 cm³/mol. The van der Waals surface area contributed by atoms with E-state index >= 15 is 0 Å². The van der Waals surface area contributed by atoms with Crippen molar-refractivity contribution in [3.63, 3.8) is 0 Å². The van der Waals surface area contributed by atoms with Gasteiger partial charge in [-0.15, -0.1) is 13.2 Å². The fraction of sp³-hybridized carbons (Fsp3) is 0.500. The molecule has 2 saturated heterocycles. The third-order valence-electron chi connectivity index (χ3n) is 6.16. The van der Waals surface area contributed by atoms with Crippen LogP contribution in [-0.4, -0.2) is 78.8 Å². The quantitative estimate of drug-likeness (QED) is 0.668. The van der Waals surface area contributed by atoms with Crippen LogP contribution >= 0.6 is 0 Å². The molecule has 0 aromatic heterocycles. The Morgan fingerprint density at radius 3 is 2.33 bits per heavy atom. The summed E-state index contributed by atoms with van der Waals surface area (Å²) in [4.78, 5) is 52.4. The third kappa shape index (κ3) is 4.52. The van der Waals surface area contributed by atoms with Gasteiger partial charge in [-0.3, -0.25) is 14.4 Å². The zero-order valence-electron chi connectivity index (χ0n) is 17.8. The minimum absolute atomic E-state index is 0.0353. The van der Waals surface area contributed by atoms with E-state index in [0.29, 0.717) is 0 Å². The van der Waals surface area contributed by atoms with E-state index in [9.17, 15) is 32.3 Å². The number of hydrogen-bond acceptors (Lipinski definition) is 6. The molecule has 0 unspecified atom stereocenters. The van der Waals surface area contributed by atoms with Crippen molar-refractivity contribution < 1.29 is 41.8 Å². The molecule has 2 atom stereocenters. The van der Waals surface area contributed by atoms with Crippen molar-refractivity contribution in [2.24, 2.45) is 11.7 Å². The molecule has 180 valence electrons. The molecule has 2 heterocycles. The van der Waals surface area contributed by atoms with Crippen molar-refractivity contribution >= 4 is 23.8 Å². The number of likely N-dealkylation sites (N-methyl/N-ethyl adjacent to an activating group) is 1. The Balaban J connectivity index is 1.84. The number of carbonyl (C=O) groups is 4. The van der Waals surface area contributed by atoms with E-state index < -0.39 is 53.5 Å². The van der Waals surface area contributed by atoms with Gasteiger partial charge in [0.15, 0.2) is 6.10 Å². The molecule has 2 aliphatic rings. The lowest BCUT2D eigenvalue weighted by Crippen LogP contribution is -2.58. The highest BCUT2D eigenvalue weighted by atomic mass is 19.4. The van der Waals surface area contributed by atoms with Crippen molar-refractivity contribution in [1.29, 1.82) is 0 Å². The first-order chi connectivity index (χ1) is 15.4. The molecule has 10 nitrogen and oxygen atoms in total. The number of hydrogen-bond donors (Lipinski definition) is 2. The second-order valence-corrected chi connectivity index (χ2v) is 7.79. The normalized spacial score (nSPS) is 22.3. The van der Waals surface area contributed by atoms with Crippen molar-refractivity contribution in [2.45, 2.75) is 30.8 Å². The Labute approximate surface area is 186 Å². The van der Waals surface area contributed by atoms with E-state index in [4.69, 9.17) is 10.5 Å². The van der Waals surface area contributed by atoms with Crippen molar-refractivity contribution in [2.75, 3.05) is 27.2 Å². The van der Waals surface area contributed by atoms with Crippen LogP contribution in [0.3, 0.4) is 0 Å². The van der Waals surface area contributed by atoms with Gasteiger partial charge in [-0.05, 0) is 25.0 Å². The second kappa shape index (κ2) is 8.79. The Bertz CT molecular complexity index is 961. The first kappa shape index (κ1) is 24.1. The van der Waals surface area contributed by atoms with Gasteiger partial charge < -0.3 is 30.3 Å². The van der Waals surface area contributed by atoms with Crippen LogP contribution in [-0.2, 0) is 14.3 Å². The number of halogens is 3. The minimum atomic E-state index is -4.97. The number of amides is 4. The summed E-state index contributed by atoms with van der Waals surface area (Å²) in [6.45, 7) is 0.0706. The summed E-state index contributed by atoms with van der Waals surface area (Å²) in [5.41, 5.74) is 3.74. The molecule has 13 heteroatoms. The first-order valence-electron chi connectivity index (χ1n) is 10.0. The van der Waals surface area contributed by atoms with Gasteiger partial charge in [0.2, 0.25) is 5.91 Å². The summed E-state index contributed by atoms with van der Waals surface area (Å²) >= 11 is 0. The minimum Gasteiger partial charge on any atom is -0.435 e. The highest BCUT2D eigenvalue weighted by Crippen LogP contribution is 2.44. The first-order valence-corrected chi connectivity index (χ1v) is 10.0. The van der Waals surface area contributed by atoms with Crippen LogP contribution in [0.4, 0.5) is 18.0 Å². The van der Waals surface area contributed by atoms with Gasteiger partial charge in [0, 0.05) is 27.2 Å². The summed E-state index contributed by atoms with van der Waals surface area (Å²) in [5.74, 6) is -3.53. The van der Waals surface area contributed by atoms with E-state index in [1.54, 1.807) is 0 Å². The van der Waals surface area contributed by atoms with Crippen LogP contribution < -0.4 is 15.8 Å². The van der Waals surface area contributed by atoms with E-state index in [1.165, 1.54) is 42.1 Å². The van der Waals surface area contributed by atoms with E-state index in [0.717, 1.165) is 6.07 Å². The van der Waals surface area contributed by atoms with Gasteiger partial charge in [0.25, 0.3) is 11.8 Å². The summed E-state index contributed by atoms with van der Waals surface area (Å²) in [6, 6.07) is 5.00. The lowest BCUT2D eigenvalue weighted by Gasteiger charge is -2.45. The van der Waals surface area contributed by atoms with Crippen LogP contribution in [0.2, 0.25) is 0 Å². The number of piperidine rings is 1. The smallest absolute Gasteiger partial charge is 0.435 e.